The Morgan fingerprint density at radius 2 is 2.24 bits per heavy atom. The first-order chi connectivity index (χ1) is 8.15. The highest BCUT2D eigenvalue weighted by Gasteiger charge is 2.39. The van der Waals surface area contributed by atoms with Gasteiger partial charge in [0.05, 0.1) is 24.7 Å². The van der Waals surface area contributed by atoms with E-state index in [0.717, 1.165) is 24.3 Å². The van der Waals surface area contributed by atoms with Crippen LogP contribution in [0.4, 0.5) is 11.5 Å². The maximum Gasteiger partial charge on any atom is 0.308 e. The van der Waals surface area contributed by atoms with E-state index in [-0.39, 0.29) is 5.28 Å². The lowest BCUT2D eigenvalue weighted by molar-refractivity contribution is 0.526. The summed E-state index contributed by atoms with van der Waals surface area (Å²) < 4.78 is 0. The molecule has 1 aromatic heterocycles. The molecule has 1 aliphatic heterocycles. The lowest BCUT2D eigenvalue weighted by atomic mass is 10.0. The summed E-state index contributed by atoms with van der Waals surface area (Å²) >= 11 is 7.58. The van der Waals surface area contributed by atoms with Crippen molar-refractivity contribution < 1.29 is 0 Å². The number of rotatable bonds is 2. The number of anilines is 2. The topological polar surface area (TPSA) is 68.2 Å². The van der Waals surface area contributed by atoms with Crippen LogP contribution < -0.4 is 11.1 Å². The molecule has 1 fully saturated rings. The fourth-order valence-electron chi connectivity index (χ4n) is 1.66. The van der Waals surface area contributed by atoms with Gasteiger partial charge in [-0.2, -0.15) is 16.7 Å². The Labute approximate surface area is 109 Å². The molecular weight excluding hydrogens is 258 g/mol. The molecule has 90 valence electrons. The van der Waals surface area contributed by atoms with Gasteiger partial charge < -0.3 is 5.73 Å². The zero-order chi connectivity index (χ0) is 12.3. The van der Waals surface area contributed by atoms with Crippen LogP contribution in [0.15, 0.2) is 6.20 Å². The third kappa shape index (κ3) is 2.73. The van der Waals surface area contributed by atoms with E-state index in [9.17, 15) is 0 Å². The van der Waals surface area contributed by atoms with E-state index in [1.165, 1.54) is 6.20 Å². The van der Waals surface area contributed by atoms with Crippen LogP contribution in [0.5, 0.6) is 0 Å². The Balaban J connectivity index is 2.23. The molecule has 1 aliphatic rings. The Bertz CT molecular complexity index is 452. The number of hydrogen-bond acceptors (Lipinski definition) is 5. The van der Waals surface area contributed by atoms with Crippen molar-refractivity contribution in [3.63, 3.8) is 0 Å². The van der Waals surface area contributed by atoms with E-state index in [1.807, 2.05) is 11.8 Å². The molecule has 1 saturated heterocycles. The van der Waals surface area contributed by atoms with Crippen molar-refractivity contribution in [1.29, 1.82) is 0 Å². The molecule has 2 rings (SSSR count). The SMILES string of the molecule is [C-]#[N+]C1(Nc2nc(Cl)ncc2N)CCSCC1. The van der Waals surface area contributed by atoms with Crippen molar-refractivity contribution in [1.82, 2.24) is 9.97 Å². The minimum atomic E-state index is -0.600. The Morgan fingerprint density at radius 1 is 1.53 bits per heavy atom. The van der Waals surface area contributed by atoms with Gasteiger partial charge in [0.15, 0.2) is 5.82 Å². The predicted octanol–water partition coefficient (Wildman–Crippen LogP) is 2.27. The molecule has 0 saturated carbocycles. The number of aromatic nitrogens is 2. The molecule has 0 radical (unpaired) electrons. The highest BCUT2D eigenvalue weighted by Crippen LogP contribution is 2.32. The summed E-state index contributed by atoms with van der Waals surface area (Å²) in [6.07, 6.45) is 3.01. The highest BCUT2D eigenvalue weighted by atomic mass is 35.5. The van der Waals surface area contributed by atoms with Crippen molar-refractivity contribution in [2.24, 2.45) is 0 Å². The Morgan fingerprint density at radius 3 is 2.88 bits per heavy atom. The fraction of sp³-hybridized carbons (Fsp3) is 0.500. The van der Waals surface area contributed by atoms with Gasteiger partial charge in [-0.25, -0.2) is 11.6 Å². The monoisotopic (exact) mass is 269 g/mol. The molecule has 17 heavy (non-hydrogen) atoms. The van der Waals surface area contributed by atoms with Crippen LogP contribution in [0.3, 0.4) is 0 Å². The molecule has 0 spiro atoms. The molecule has 1 aromatic rings. The van der Waals surface area contributed by atoms with Crippen LogP contribution in [0.2, 0.25) is 5.28 Å². The maximum atomic E-state index is 7.35. The van der Waals surface area contributed by atoms with Crippen molar-refractivity contribution in [3.05, 3.63) is 22.9 Å². The number of nitrogens with two attached hydrogens (primary N) is 1. The van der Waals surface area contributed by atoms with Gasteiger partial charge in [-0.05, 0) is 11.6 Å². The van der Waals surface area contributed by atoms with Crippen LogP contribution in [0.25, 0.3) is 4.85 Å². The number of thioether (sulfide) groups is 1. The zero-order valence-corrected chi connectivity index (χ0v) is 10.7. The first-order valence-corrected chi connectivity index (χ1v) is 6.71. The zero-order valence-electron chi connectivity index (χ0n) is 9.11. The first kappa shape index (κ1) is 12.3. The number of nitrogens with one attached hydrogen (secondary N) is 1. The van der Waals surface area contributed by atoms with E-state index in [1.54, 1.807) is 0 Å². The molecule has 7 heteroatoms. The van der Waals surface area contributed by atoms with E-state index in [4.69, 9.17) is 23.9 Å². The summed E-state index contributed by atoms with van der Waals surface area (Å²) in [5, 5.41) is 3.26. The van der Waals surface area contributed by atoms with Crippen LogP contribution in [0, 0.1) is 6.57 Å². The lowest BCUT2D eigenvalue weighted by Gasteiger charge is -2.27. The molecule has 2 heterocycles. The van der Waals surface area contributed by atoms with Gasteiger partial charge in [-0.3, -0.25) is 10.2 Å². The quantitative estimate of drug-likeness (QED) is 0.637. The van der Waals surface area contributed by atoms with Gasteiger partial charge in [-0.15, -0.1) is 0 Å². The Hall–Kier alpha value is -1.19. The third-order valence-electron chi connectivity index (χ3n) is 2.67. The van der Waals surface area contributed by atoms with Crippen LogP contribution in [0.1, 0.15) is 12.8 Å². The largest absolute Gasteiger partial charge is 0.394 e. The number of nitrogen functional groups attached to an aromatic ring is 1. The molecular formula is C10H12ClN5S. The average Bonchev–Trinajstić information content (AvgIpc) is 2.35. The highest BCUT2D eigenvalue weighted by molar-refractivity contribution is 7.99. The summed E-state index contributed by atoms with van der Waals surface area (Å²) in [6.45, 7) is 7.35. The van der Waals surface area contributed by atoms with E-state index < -0.39 is 5.66 Å². The predicted molar refractivity (Wildman–Crippen MR) is 71.0 cm³/mol. The van der Waals surface area contributed by atoms with E-state index >= 15 is 0 Å². The minimum absolute atomic E-state index is 0.131. The maximum absolute atomic E-state index is 7.35. The van der Waals surface area contributed by atoms with Crippen LogP contribution in [-0.2, 0) is 0 Å². The number of nitrogens with zero attached hydrogens (tertiary/aromatic N) is 3. The second-order valence-electron chi connectivity index (χ2n) is 3.82. The lowest BCUT2D eigenvalue weighted by Crippen LogP contribution is -2.39. The minimum Gasteiger partial charge on any atom is -0.394 e. The van der Waals surface area contributed by atoms with Gasteiger partial charge in [0.1, 0.15) is 0 Å². The van der Waals surface area contributed by atoms with Gasteiger partial charge in [-0.1, -0.05) is 0 Å². The molecule has 3 N–H and O–H groups in total. The first-order valence-electron chi connectivity index (χ1n) is 5.18. The molecule has 5 nitrogen and oxygen atoms in total. The number of hydrogen-bond donors (Lipinski definition) is 2. The van der Waals surface area contributed by atoms with Gasteiger partial charge in [0.25, 0.3) is 0 Å². The van der Waals surface area contributed by atoms with Crippen LogP contribution >= 0.6 is 23.4 Å². The smallest absolute Gasteiger partial charge is 0.308 e. The molecule has 0 aliphatic carbocycles. The van der Waals surface area contributed by atoms with E-state index in [0.29, 0.717) is 11.5 Å². The van der Waals surface area contributed by atoms with E-state index in [2.05, 4.69) is 20.1 Å². The van der Waals surface area contributed by atoms with Crippen LogP contribution in [-0.4, -0.2) is 27.1 Å². The van der Waals surface area contributed by atoms with Gasteiger partial charge in [0.2, 0.25) is 5.28 Å². The number of halogens is 1. The fourth-order valence-corrected chi connectivity index (χ4v) is 2.97. The summed E-state index contributed by atoms with van der Waals surface area (Å²) in [5.41, 5.74) is 5.58. The van der Waals surface area contributed by atoms with Gasteiger partial charge in [0, 0.05) is 11.5 Å². The third-order valence-corrected chi connectivity index (χ3v) is 3.84. The Kier molecular flexibility index (Phi) is 3.60. The molecule has 0 unspecified atom stereocenters. The molecule has 0 amide bonds. The van der Waals surface area contributed by atoms with Crippen molar-refractivity contribution in [2.45, 2.75) is 18.5 Å². The summed E-state index contributed by atoms with van der Waals surface area (Å²) in [4.78, 5) is 11.5. The summed E-state index contributed by atoms with van der Waals surface area (Å²) in [7, 11) is 0. The summed E-state index contributed by atoms with van der Waals surface area (Å²) in [5.74, 6) is 2.38. The molecule has 0 atom stereocenters. The molecule has 0 bridgehead atoms. The van der Waals surface area contributed by atoms with Gasteiger partial charge >= 0.3 is 5.66 Å². The average molecular weight is 270 g/mol. The standard InChI is InChI=1S/C10H12ClN5S/c1-13-10(2-4-17-5-3-10)16-8-7(12)6-14-9(11)15-8/h6H,2-5,12H2,(H,14,15,16). The van der Waals surface area contributed by atoms with Crippen molar-refractivity contribution >= 4 is 34.9 Å². The summed E-state index contributed by atoms with van der Waals surface area (Å²) in [6, 6.07) is 0. The van der Waals surface area contributed by atoms with Crippen molar-refractivity contribution in [3.8, 4) is 0 Å². The molecule has 0 aromatic carbocycles. The van der Waals surface area contributed by atoms with Crippen molar-refractivity contribution in [2.75, 3.05) is 22.6 Å². The second kappa shape index (κ2) is 4.98. The normalized spacial score (nSPS) is 18.4. The second-order valence-corrected chi connectivity index (χ2v) is 5.39.